The second kappa shape index (κ2) is 4.56. The fourth-order valence-electron chi connectivity index (χ4n) is 2.98. The average molecular weight is 219 g/mol. The van der Waals surface area contributed by atoms with Crippen molar-refractivity contribution in [3.63, 3.8) is 0 Å². The van der Waals surface area contributed by atoms with E-state index in [1.807, 2.05) is 6.07 Å². The summed E-state index contributed by atoms with van der Waals surface area (Å²) >= 11 is 0. The lowest BCUT2D eigenvalue weighted by Gasteiger charge is -2.49. The van der Waals surface area contributed by atoms with Gasteiger partial charge in [0.2, 0.25) is 0 Å². The number of nitrogens with zero attached hydrogens (tertiary/aromatic N) is 1. The van der Waals surface area contributed by atoms with E-state index in [1.54, 1.807) is 0 Å². The summed E-state index contributed by atoms with van der Waals surface area (Å²) in [5.41, 5.74) is 1.41. The van der Waals surface area contributed by atoms with Crippen molar-refractivity contribution in [1.82, 2.24) is 4.90 Å². The molecule has 1 aliphatic carbocycles. The molecule has 1 atom stereocenters. The molecular weight excluding hydrogens is 198 g/mol. The Hall–Kier alpha value is -0.860. The van der Waals surface area contributed by atoms with Crippen LogP contribution >= 0.6 is 0 Å². The molecule has 0 aromatic heterocycles. The highest BCUT2D eigenvalue weighted by Crippen LogP contribution is 2.51. The third-order valence-electron chi connectivity index (χ3n) is 3.88. The summed E-state index contributed by atoms with van der Waals surface area (Å²) in [6.45, 7) is 0.296. The van der Waals surface area contributed by atoms with E-state index in [9.17, 15) is 5.11 Å². The van der Waals surface area contributed by atoms with Gasteiger partial charge >= 0.3 is 0 Å². The lowest BCUT2D eigenvalue weighted by molar-refractivity contribution is -0.0308. The third kappa shape index (κ3) is 1.87. The summed E-state index contributed by atoms with van der Waals surface area (Å²) in [4.78, 5) is 2.24. The lowest BCUT2D eigenvalue weighted by Crippen LogP contribution is -2.45. The Morgan fingerprint density at radius 2 is 1.88 bits per heavy atom. The van der Waals surface area contributed by atoms with Crippen LogP contribution in [0.2, 0.25) is 0 Å². The van der Waals surface area contributed by atoms with Crippen LogP contribution in [-0.2, 0) is 0 Å². The molecular formula is C14H21NO. The van der Waals surface area contributed by atoms with Crippen LogP contribution in [0.15, 0.2) is 30.3 Å². The van der Waals surface area contributed by atoms with Crippen LogP contribution in [-0.4, -0.2) is 30.7 Å². The number of hydrogen-bond acceptors (Lipinski definition) is 2. The minimum atomic E-state index is 0.0881. The molecule has 0 heterocycles. The van der Waals surface area contributed by atoms with E-state index in [-0.39, 0.29) is 5.41 Å². The van der Waals surface area contributed by atoms with Gasteiger partial charge in [0, 0.05) is 11.5 Å². The first-order valence-electron chi connectivity index (χ1n) is 6.02. The summed E-state index contributed by atoms with van der Waals surface area (Å²) in [7, 11) is 4.21. The van der Waals surface area contributed by atoms with Crippen LogP contribution in [0.3, 0.4) is 0 Å². The maximum Gasteiger partial charge on any atom is 0.0505 e. The zero-order valence-corrected chi connectivity index (χ0v) is 10.2. The fourth-order valence-corrected chi connectivity index (χ4v) is 2.98. The minimum Gasteiger partial charge on any atom is -0.396 e. The molecule has 0 amide bonds. The molecule has 2 rings (SSSR count). The monoisotopic (exact) mass is 219 g/mol. The molecule has 2 heteroatoms. The largest absolute Gasteiger partial charge is 0.396 e. The van der Waals surface area contributed by atoms with Crippen molar-refractivity contribution >= 4 is 0 Å². The van der Waals surface area contributed by atoms with Crippen LogP contribution in [0.5, 0.6) is 0 Å². The van der Waals surface area contributed by atoms with Crippen LogP contribution in [0, 0.1) is 5.41 Å². The quantitative estimate of drug-likeness (QED) is 0.841. The van der Waals surface area contributed by atoms with Crippen molar-refractivity contribution in [1.29, 1.82) is 0 Å². The van der Waals surface area contributed by atoms with E-state index in [0.29, 0.717) is 12.6 Å². The summed E-state index contributed by atoms with van der Waals surface area (Å²) < 4.78 is 0. The van der Waals surface area contributed by atoms with E-state index in [1.165, 1.54) is 12.0 Å². The Bertz CT molecular complexity index is 324. The Morgan fingerprint density at radius 1 is 1.25 bits per heavy atom. The number of aliphatic hydroxyl groups excluding tert-OH is 1. The van der Waals surface area contributed by atoms with Crippen LogP contribution in [0.1, 0.15) is 30.9 Å². The summed E-state index contributed by atoms with van der Waals surface area (Å²) in [5, 5.41) is 9.69. The molecule has 1 fully saturated rings. The SMILES string of the molecule is CN(C)C(c1ccccc1)C1(CO)CCC1. The van der Waals surface area contributed by atoms with Gasteiger partial charge in [0.1, 0.15) is 0 Å². The molecule has 1 aliphatic rings. The van der Waals surface area contributed by atoms with Gasteiger partial charge in [-0.1, -0.05) is 36.8 Å². The van der Waals surface area contributed by atoms with Gasteiger partial charge in [-0.25, -0.2) is 0 Å². The Morgan fingerprint density at radius 3 is 2.25 bits per heavy atom. The molecule has 1 aromatic rings. The highest BCUT2D eigenvalue weighted by atomic mass is 16.3. The maximum absolute atomic E-state index is 9.69. The van der Waals surface area contributed by atoms with Gasteiger partial charge in [0.15, 0.2) is 0 Å². The molecule has 0 bridgehead atoms. The smallest absolute Gasteiger partial charge is 0.0505 e. The van der Waals surface area contributed by atoms with Crippen molar-refractivity contribution < 1.29 is 5.11 Å². The second-order valence-corrected chi connectivity index (χ2v) is 5.15. The zero-order chi connectivity index (χ0) is 11.6. The maximum atomic E-state index is 9.69. The Kier molecular flexibility index (Phi) is 3.31. The van der Waals surface area contributed by atoms with Crippen LogP contribution in [0.25, 0.3) is 0 Å². The predicted molar refractivity (Wildman–Crippen MR) is 66.2 cm³/mol. The molecule has 0 radical (unpaired) electrons. The van der Waals surface area contributed by atoms with Crippen molar-refractivity contribution in [2.24, 2.45) is 5.41 Å². The Balaban J connectivity index is 2.31. The van der Waals surface area contributed by atoms with E-state index in [0.717, 1.165) is 12.8 Å². The number of benzene rings is 1. The normalized spacial score (nSPS) is 20.5. The highest BCUT2D eigenvalue weighted by Gasteiger charge is 2.45. The lowest BCUT2D eigenvalue weighted by atomic mass is 9.62. The summed E-state index contributed by atoms with van der Waals surface area (Å²) in [6.07, 6.45) is 3.53. The molecule has 0 saturated heterocycles. The molecule has 0 spiro atoms. The fraction of sp³-hybridized carbons (Fsp3) is 0.571. The molecule has 1 unspecified atom stereocenters. The average Bonchev–Trinajstić information content (AvgIpc) is 2.24. The first-order valence-corrected chi connectivity index (χ1v) is 6.02. The van der Waals surface area contributed by atoms with E-state index < -0.39 is 0 Å². The van der Waals surface area contributed by atoms with Gasteiger partial charge in [-0.05, 0) is 32.5 Å². The van der Waals surface area contributed by atoms with Gasteiger partial charge < -0.3 is 10.0 Å². The molecule has 1 saturated carbocycles. The number of rotatable bonds is 4. The number of aliphatic hydroxyl groups is 1. The first-order chi connectivity index (χ1) is 7.69. The summed E-state index contributed by atoms with van der Waals surface area (Å²) in [5.74, 6) is 0. The van der Waals surface area contributed by atoms with Crippen LogP contribution < -0.4 is 0 Å². The number of hydrogen-bond donors (Lipinski definition) is 1. The van der Waals surface area contributed by atoms with Gasteiger partial charge in [0.25, 0.3) is 0 Å². The molecule has 2 nitrogen and oxygen atoms in total. The topological polar surface area (TPSA) is 23.5 Å². The summed E-state index contributed by atoms with van der Waals surface area (Å²) in [6, 6.07) is 10.9. The van der Waals surface area contributed by atoms with E-state index in [4.69, 9.17) is 0 Å². The molecule has 1 N–H and O–H groups in total. The third-order valence-corrected chi connectivity index (χ3v) is 3.88. The van der Waals surface area contributed by atoms with Crippen molar-refractivity contribution in [2.75, 3.05) is 20.7 Å². The Labute approximate surface area is 97.9 Å². The van der Waals surface area contributed by atoms with Gasteiger partial charge in [-0.2, -0.15) is 0 Å². The zero-order valence-electron chi connectivity index (χ0n) is 10.2. The van der Waals surface area contributed by atoms with Crippen molar-refractivity contribution in [2.45, 2.75) is 25.3 Å². The van der Waals surface area contributed by atoms with Gasteiger partial charge in [0.05, 0.1) is 6.61 Å². The molecule has 88 valence electrons. The van der Waals surface area contributed by atoms with Crippen molar-refractivity contribution in [3.8, 4) is 0 Å². The van der Waals surface area contributed by atoms with Crippen molar-refractivity contribution in [3.05, 3.63) is 35.9 Å². The first kappa shape index (κ1) is 11.6. The van der Waals surface area contributed by atoms with Gasteiger partial charge in [-0.15, -0.1) is 0 Å². The molecule has 0 aliphatic heterocycles. The molecule has 1 aromatic carbocycles. The van der Waals surface area contributed by atoms with E-state index in [2.05, 4.69) is 43.3 Å². The predicted octanol–water partition coefficient (Wildman–Crippen LogP) is 2.45. The molecule has 16 heavy (non-hydrogen) atoms. The standard InChI is InChI=1S/C14H21NO/c1-15(2)13(12-7-4-3-5-8-12)14(11-16)9-6-10-14/h3-5,7-8,13,16H,6,9-11H2,1-2H3. The second-order valence-electron chi connectivity index (χ2n) is 5.15. The van der Waals surface area contributed by atoms with E-state index >= 15 is 0 Å². The van der Waals surface area contributed by atoms with Gasteiger partial charge in [-0.3, -0.25) is 0 Å². The minimum absolute atomic E-state index is 0.0881. The van der Waals surface area contributed by atoms with Crippen LogP contribution in [0.4, 0.5) is 0 Å². The highest BCUT2D eigenvalue weighted by molar-refractivity contribution is 5.22.